The van der Waals surface area contributed by atoms with Crippen molar-refractivity contribution in [2.75, 3.05) is 0 Å². The van der Waals surface area contributed by atoms with Crippen LogP contribution in [0, 0.1) is 0 Å². The van der Waals surface area contributed by atoms with Gasteiger partial charge in [-0.05, 0) is 0 Å². The third kappa shape index (κ3) is 38.8. The van der Waals surface area contributed by atoms with E-state index in [0.717, 1.165) is 0 Å². The van der Waals surface area contributed by atoms with Gasteiger partial charge in [0.05, 0.1) is 0 Å². The first-order chi connectivity index (χ1) is 13.2. The first-order valence-corrected chi connectivity index (χ1v) is 12.2. The quantitative estimate of drug-likeness (QED) is 0.205. The van der Waals surface area contributed by atoms with Gasteiger partial charge in [0, 0.05) is 0 Å². The molecule has 0 spiro atoms. The molecule has 0 aliphatic rings. The molecule has 1 rings (SSSR count). The van der Waals surface area contributed by atoms with Crippen molar-refractivity contribution in [3.63, 3.8) is 0 Å². The van der Waals surface area contributed by atoms with Gasteiger partial charge >= 0.3 is 35.7 Å². The van der Waals surface area contributed by atoms with Crippen LogP contribution >= 0.6 is 0 Å². The molecule has 0 saturated carbocycles. The number of hydrogen-bond donors (Lipinski definition) is 0. The van der Waals surface area contributed by atoms with Gasteiger partial charge in [0.15, 0.2) is 0 Å². The summed E-state index contributed by atoms with van der Waals surface area (Å²) in [5, 5.41) is 13.1. The average Bonchev–Trinajstić information content (AvgIpc) is 2.98. The van der Waals surface area contributed by atoms with E-state index < -0.39 is 9.46 Å². The van der Waals surface area contributed by atoms with Crippen LogP contribution in [0.1, 0.15) is 83.1 Å². The topological polar surface area (TPSA) is 42.3 Å². The van der Waals surface area contributed by atoms with E-state index in [2.05, 4.69) is 99.0 Å². The predicted octanol–water partition coefficient (Wildman–Crippen LogP) is 7.30. The van der Waals surface area contributed by atoms with Crippen molar-refractivity contribution in [1.82, 2.24) is 0 Å². The monoisotopic (exact) mass is 521 g/mol. The molecule has 1 aromatic rings. The van der Waals surface area contributed by atoms with Crippen molar-refractivity contribution in [2.24, 2.45) is 0 Å². The van der Waals surface area contributed by atoms with Crippen LogP contribution in [-0.2, 0) is 26.2 Å². The minimum Gasteiger partial charge on any atom is -0.658 e. The van der Waals surface area contributed by atoms with Crippen LogP contribution in [0.15, 0.2) is 24.3 Å². The van der Waals surface area contributed by atoms with Gasteiger partial charge in [0.25, 0.3) is 0 Å². The molecule has 7 heteroatoms. The maximum Gasteiger partial charge on any atom is 4.00 e. The fourth-order valence-corrected chi connectivity index (χ4v) is 2.84. The molecular weight excluding hydrogens is 476 g/mol. The summed E-state index contributed by atoms with van der Waals surface area (Å²) in [6.45, 7) is 25.2. The summed E-state index contributed by atoms with van der Waals surface area (Å²) >= 11 is 0. The van der Waals surface area contributed by atoms with Gasteiger partial charge in [-0.3, -0.25) is 8.22 Å². The molecule has 0 atom stereocenters. The smallest absolute Gasteiger partial charge is 0.658 e. The molecule has 1 aromatic carbocycles. The van der Waals surface area contributed by atoms with Gasteiger partial charge in [-0.25, -0.2) is 12.1 Å². The fraction of sp³-hybridized carbons (Fsp3) is 0.783. The second kappa shape index (κ2) is 23.8. The first kappa shape index (κ1) is 37.5. The minimum absolute atomic E-state index is 0. The van der Waals surface area contributed by atoms with Crippen LogP contribution in [0.25, 0.3) is 16.0 Å². The Kier molecular flexibility index (Phi) is 29.8. The summed E-state index contributed by atoms with van der Waals surface area (Å²) in [6.07, 6.45) is 0. The van der Waals surface area contributed by atoms with Crippen molar-refractivity contribution < 1.29 is 34.4 Å². The molecule has 0 unspecified atom stereocenters. The Morgan fingerprint density at radius 3 is 0.800 bits per heavy atom. The predicted molar refractivity (Wildman–Crippen MR) is 132 cm³/mol. The van der Waals surface area contributed by atoms with Crippen LogP contribution in [0.4, 0.5) is 8.22 Å². The largest absolute Gasteiger partial charge is 4.00 e. The molecule has 176 valence electrons. The van der Waals surface area contributed by atoms with Gasteiger partial charge in [-0.1, -0.05) is 83.1 Å². The summed E-state index contributed by atoms with van der Waals surface area (Å²) in [4.78, 5) is 0. The summed E-state index contributed by atoms with van der Waals surface area (Å²) < 4.78 is 23.5. The number of nitrogens with zero attached hydrogens (tertiary/aromatic N) is 3. The molecule has 30 heavy (non-hydrogen) atoms. The Morgan fingerprint density at radius 2 is 0.733 bits per heavy atom. The zero-order valence-electron chi connectivity index (χ0n) is 21.4. The van der Waals surface area contributed by atoms with Crippen molar-refractivity contribution >= 4 is 14.7 Å². The Bertz CT molecular complexity index is 373. The van der Waals surface area contributed by atoms with Crippen molar-refractivity contribution in [2.45, 2.75) is 119 Å². The number of hydrogen-bond acceptors (Lipinski definition) is 0. The molecule has 3 nitrogen and oxygen atoms in total. The fourth-order valence-electron chi connectivity index (χ4n) is 2.32. The van der Waals surface area contributed by atoms with E-state index in [0.29, 0.717) is 36.3 Å². The third-order valence-corrected chi connectivity index (χ3v) is 3.62. The second-order valence-electron chi connectivity index (χ2n) is 8.53. The van der Waals surface area contributed by atoms with Gasteiger partial charge in [0.2, 0.25) is 0 Å². The standard InChI is InChI=1S/3C6H14N.C5H5F2Si.Zr/c3*1-5(2)7-6(3)4;6-8(7)5-3-1-2-4-5;/h3*5-6H,1-4H3;1-4,8H;/q4*-1;+4. The number of halogens is 2. The summed E-state index contributed by atoms with van der Waals surface area (Å²) in [5.41, 5.74) is 0. The zero-order valence-corrected chi connectivity index (χ0v) is 25.1. The van der Waals surface area contributed by atoms with Crippen molar-refractivity contribution in [3.8, 4) is 0 Å². The molecule has 0 aromatic heterocycles. The Balaban J connectivity index is -0.000000149. The zero-order chi connectivity index (χ0) is 23.6. The molecule has 0 N–H and O–H groups in total. The van der Waals surface area contributed by atoms with E-state index in [9.17, 15) is 8.22 Å². The van der Waals surface area contributed by atoms with Gasteiger partial charge in [-0.15, -0.1) is 41.4 Å². The summed E-state index contributed by atoms with van der Waals surface area (Å²) in [6, 6.07) is 9.21. The first-order valence-electron chi connectivity index (χ1n) is 10.8. The minimum atomic E-state index is -3.48. The Morgan fingerprint density at radius 1 is 0.533 bits per heavy atom. The number of rotatable bonds is 7. The van der Waals surface area contributed by atoms with E-state index in [4.69, 9.17) is 0 Å². The van der Waals surface area contributed by atoms with Crippen LogP contribution in [0.2, 0.25) is 0 Å². The molecule has 0 saturated heterocycles. The van der Waals surface area contributed by atoms with Crippen LogP contribution in [0.3, 0.4) is 0 Å². The SMILES string of the molecule is CC(C)[N-]C(C)C.CC(C)[N-]C(C)C.CC(C)[N-]C(C)C.F[SiH](F)[c-]1cccc1.[Zr+4]. The maximum absolute atomic E-state index is 11.7. The van der Waals surface area contributed by atoms with E-state index in [1.807, 2.05) is 0 Å². The van der Waals surface area contributed by atoms with Gasteiger partial charge in [-0.2, -0.15) is 12.1 Å². The second-order valence-corrected chi connectivity index (χ2v) is 9.80. The molecule has 0 amide bonds. The molecule has 0 heterocycles. The molecule has 0 radical (unpaired) electrons. The van der Waals surface area contributed by atoms with Crippen LogP contribution in [-0.4, -0.2) is 45.7 Å². The molecule has 0 fully saturated rings. The van der Waals surface area contributed by atoms with Crippen molar-refractivity contribution in [1.29, 1.82) is 0 Å². The molecule has 0 aliphatic heterocycles. The Hall–Kier alpha value is 0.190. The molecule has 0 aliphatic carbocycles. The molecule has 0 bridgehead atoms. The van der Waals surface area contributed by atoms with E-state index in [-0.39, 0.29) is 31.4 Å². The third-order valence-electron chi connectivity index (χ3n) is 2.73. The normalized spacial score (nSPS) is 10.6. The van der Waals surface area contributed by atoms with Gasteiger partial charge < -0.3 is 16.0 Å². The molecular formula is C23H47F2N3SiZr. The average molecular weight is 523 g/mol. The summed E-state index contributed by atoms with van der Waals surface area (Å²) in [7, 11) is -3.48. The van der Waals surface area contributed by atoms with Crippen LogP contribution in [0.5, 0.6) is 0 Å². The van der Waals surface area contributed by atoms with E-state index >= 15 is 0 Å². The van der Waals surface area contributed by atoms with Crippen molar-refractivity contribution in [3.05, 3.63) is 40.2 Å². The maximum atomic E-state index is 11.7. The van der Waals surface area contributed by atoms with E-state index in [1.165, 1.54) is 12.1 Å². The van der Waals surface area contributed by atoms with E-state index in [1.54, 1.807) is 12.1 Å². The van der Waals surface area contributed by atoms with Gasteiger partial charge in [0.1, 0.15) is 0 Å². The summed E-state index contributed by atoms with van der Waals surface area (Å²) in [5.74, 6) is 0. The van der Waals surface area contributed by atoms with Crippen LogP contribution < -0.4 is 5.19 Å². The Labute approximate surface area is 208 Å².